The molecule has 0 amide bonds. The van der Waals surface area contributed by atoms with Gasteiger partial charge in [0.25, 0.3) is 0 Å². The van der Waals surface area contributed by atoms with Gasteiger partial charge in [0, 0.05) is 0 Å². The maximum absolute atomic E-state index is 6.07. The summed E-state index contributed by atoms with van der Waals surface area (Å²) in [5.41, 5.74) is 0.624. The summed E-state index contributed by atoms with van der Waals surface area (Å²) >= 11 is 0. The van der Waals surface area contributed by atoms with Crippen LogP contribution in [0.2, 0.25) is 0 Å². The number of benzene rings is 6. The first-order chi connectivity index (χ1) is 25.0. The van der Waals surface area contributed by atoms with Crippen molar-refractivity contribution in [3.8, 4) is 0 Å². The van der Waals surface area contributed by atoms with Crippen LogP contribution in [0.3, 0.4) is 0 Å². The van der Waals surface area contributed by atoms with E-state index in [0.29, 0.717) is 0 Å². The van der Waals surface area contributed by atoms with E-state index in [1.54, 1.807) is 0 Å². The van der Waals surface area contributed by atoms with E-state index in [0.717, 1.165) is 0 Å². The molecular weight excluding hydrogens is 826 g/mol. The summed E-state index contributed by atoms with van der Waals surface area (Å²) in [6.45, 7) is 17.3. The van der Waals surface area contributed by atoms with Crippen LogP contribution in [0.25, 0.3) is 0 Å². The van der Waals surface area contributed by atoms with Crippen LogP contribution in [0.15, 0.2) is 187 Å². The lowest BCUT2D eigenvalue weighted by Gasteiger charge is -2.53. The Morgan fingerprint density at radius 2 is 0.722 bits per heavy atom. The lowest BCUT2D eigenvalue weighted by Crippen LogP contribution is -2.63. The molecule has 0 bridgehead atoms. The number of nitrogens with zero attached hydrogens (tertiary/aromatic N) is 2. The second-order valence-electron chi connectivity index (χ2n) is 15.6. The van der Waals surface area contributed by atoms with Gasteiger partial charge in [-0.1, -0.05) is 109 Å². The Bertz CT molecular complexity index is 1930. The molecule has 1 unspecified atom stereocenters. The van der Waals surface area contributed by atoms with Gasteiger partial charge in [-0.15, -0.1) is 39.1 Å². The molecule has 7 rings (SSSR count). The van der Waals surface area contributed by atoms with Crippen molar-refractivity contribution < 1.29 is 0 Å². The van der Waals surface area contributed by atoms with Crippen molar-refractivity contribution in [3.05, 3.63) is 182 Å². The summed E-state index contributed by atoms with van der Waals surface area (Å²) < 4.78 is 0. The molecule has 1 aliphatic rings. The number of rotatable bonds is 10. The highest BCUT2D eigenvalue weighted by molar-refractivity contribution is 8.93. The number of hydrogen-bond donors (Lipinski definition) is 0. The van der Waals surface area contributed by atoms with Crippen molar-refractivity contribution in [2.75, 3.05) is 0 Å². The van der Waals surface area contributed by atoms with Gasteiger partial charge in [0.2, 0.25) is 0 Å². The number of hydrazone groups is 1. The van der Waals surface area contributed by atoms with E-state index in [4.69, 9.17) is 5.10 Å². The molecule has 0 aromatic heterocycles. The lowest BCUT2D eigenvalue weighted by molar-refractivity contribution is 0.0417. The molecule has 54 heavy (non-hydrogen) atoms. The Labute approximate surface area is 346 Å². The van der Waals surface area contributed by atoms with Gasteiger partial charge in [0.05, 0.1) is 17.0 Å². The third-order valence-corrected chi connectivity index (χ3v) is 22.2. The summed E-state index contributed by atoms with van der Waals surface area (Å²) in [5, 5.41) is 16.5. The standard InChI is InChI=1S/C48H52N2P2.2BrH/c1-38-46(2,3)45(51(39-26-14-8-15-27-39,40-28-16-9-17-29-40)41-30-18-10-19-31-41)49-50(38)47(4,5)48(6,7)52(42-32-20-11-21-33-42,43-34-22-12-23-35-43)44-36-24-13-25-37-44;;/h8-38H,1-7H3;2*1H/q+2;;. The van der Waals surface area contributed by atoms with Gasteiger partial charge in [0.15, 0.2) is 12.7 Å². The molecule has 1 heterocycles. The number of halogens is 2. The molecule has 0 spiro atoms. The van der Waals surface area contributed by atoms with Crippen LogP contribution in [0, 0.1) is 5.41 Å². The van der Waals surface area contributed by atoms with Crippen molar-refractivity contribution in [2.24, 2.45) is 10.5 Å². The van der Waals surface area contributed by atoms with Crippen LogP contribution in [0.1, 0.15) is 48.5 Å². The average molecular weight is 881 g/mol. The van der Waals surface area contributed by atoms with Crippen LogP contribution in [-0.2, 0) is 0 Å². The fourth-order valence-electron chi connectivity index (χ4n) is 8.75. The second kappa shape index (κ2) is 16.4. The largest absolute Gasteiger partial charge is 0.280 e. The van der Waals surface area contributed by atoms with Crippen molar-refractivity contribution in [1.29, 1.82) is 0 Å². The van der Waals surface area contributed by atoms with Gasteiger partial charge < -0.3 is 0 Å². The van der Waals surface area contributed by atoms with Crippen LogP contribution >= 0.6 is 48.5 Å². The average Bonchev–Trinajstić information content (AvgIpc) is 3.43. The highest BCUT2D eigenvalue weighted by Crippen LogP contribution is 2.71. The molecule has 0 radical (unpaired) electrons. The molecular formula is C48H54Br2N2P2+2. The smallest absolute Gasteiger partial charge is 0.200 e. The summed E-state index contributed by atoms with van der Waals surface area (Å²) in [4.78, 5) is 0. The molecule has 0 N–H and O–H groups in total. The van der Waals surface area contributed by atoms with Gasteiger partial charge in [-0.05, 0) is 121 Å². The fraction of sp³-hybridized carbons (Fsp3) is 0.229. The zero-order valence-corrected chi connectivity index (χ0v) is 37.7. The minimum absolute atomic E-state index is 0. The van der Waals surface area contributed by atoms with Crippen molar-refractivity contribution in [2.45, 2.75) is 65.2 Å². The Morgan fingerprint density at radius 1 is 0.463 bits per heavy atom. The Hall–Kier alpha value is -3.39. The first-order valence-corrected chi connectivity index (χ1v) is 22.1. The van der Waals surface area contributed by atoms with E-state index >= 15 is 0 Å². The predicted octanol–water partition coefficient (Wildman–Crippen LogP) is 10.7. The normalized spacial score (nSPS) is 15.8. The van der Waals surface area contributed by atoms with Crippen molar-refractivity contribution >= 4 is 85.8 Å². The summed E-state index contributed by atoms with van der Waals surface area (Å²) in [6, 6.07) is 67.7. The van der Waals surface area contributed by atoms with E-state index in [9.17, 15) is 0 Å². The maximum Gasteiger partial charge on any atom is 0.200 e. The third kappa shape index (κ3) is 6.46. The maximum atomic E-state index is 6.07. The lowest BCUT2D eigenvalue weighted by atomic mass is 9.82. The van der Waals surface area contributed by atoms with E-state index in [1.807, 2.05) is 0 Å². The highest BCUT2D eigenvalue weighted by atomic mass is 79.9. The molecule has 6 aromatic carbocycles. The fourth-order valence-corrected chi connectivity index (χ4v) is 19.1. The van der Waals surface area contributed by atoms with E-state index in [2.05, 4.69) is 235 Å². The minimum Gasteiger partial charge on any atom is -0.280 e. The molecule has 0 aliphatic carbocycles. The number of hydrogen-bond acceptors (Lipinski definition) is 2. The first-order valence-electron chi connectivity index (χ1n) is 18.5. The van der Waals surface area contributed by atoms with Gasteiger partial charge in [0.1, 0.15) is 44.2 Å². The van der Waals surface area contributed by atoms with Gasteiger partial charge in [-0.2, -0.15) is 0 Å². The summed E-state index contributed by atoms with van der Waals surface area (Å²) in [5.74, 6) is 0. The van der Waals surface area contributed by atoms with Crippen LogP contribution in [-0.4, -0.2) is 27.2 Å². The topological polar surface area (TPSA) is 15.6 Å². The van der Waals surface area contributed by atoms with Crippen molar-refractivity contribution in [1.82, 2.24) is 5.01 Å². The van der Waals surface area contributed by atoms with Crippen LogP contribution in [0.4, 0.5) is 0 Å². The summed E-state index contributed by atoms with van der Waals surface area (Å²) in [7, 11) is -4.75. The van der Waals surface area contributed by atoms with E-state index < -0.39 is 20.1 Å². The molecule has 2 nitrogen and oxygen atoms in total. The molecule has 0 saturated heterocycles. The molecule has 6 aromatic rings. The molecule has 1 aliphatic heterocycles. The molecule has 1 atom stereocenters. The molecule has 0 fully saturated rings. The third-order valence-electron chi connectivity index (χ3n) is 12.3. The van der Waals surface area contributed by atoms with E-state index in [-0.39, 0.29) is 50.6 Å². The van der Waals surface area contributed by atoms with E-state index in [1.165, 1.54) is 37.3 Å². The molecule has 6 heteroatoms. The van der Waals surface area contributed by atoms with Crippen LogP contribution in [0.5, 0.6) is 0 Å². The SMILES string of the molecule is Br.Br.CC1N(C(C)(C)C(C)(C)[P+](c2ccccc2)(c2ccccc2)c2ccccc2)N=C([P+](c2ccccc2)(c2ccccc2)c2ccccc2)C1(C)C. The Morgan fingerprint density at radius 3 is 1.00 bits per heavy atom. The quantitative estimate of drug-likeness (QED) is 0.125. The minimum atomic E-state index is -2.42. The van der Waals surface area contributed by atoms with Gasteiger partial charge in [-0.25, -0.2) is 0 Å². The molecule has 278 valence electrons. The second-order valence-corrected chi connectivity index (χ2v) is 23.0. The summed E-state index contributed by atoms with van der Waals surface area (Å²) in [6.07, 6.45) is 0. The highest BCUT2D eigenvalue weighted by Gasteiger charge is 2.69. The van der Waals surface area contributed by atoms with Crippen molar-refractivity contribution in [3.63, 3.8) is 0 Å². The van der Waals surface area contributed by atoms with Gasteiger partial charge in [-0.3, -0.25) is 5.01 Å². The van der Waals surface area contributed by atoms with Gasteiger partial charge >= 0.3 is 0 Å². The first kappa shape index (κ1) is 41.8. The predicted molar refractivity (Wildman–Crippen MR) is 252 cm³/mol. The van der Waals surface area contributed by atoms with Crippen LogP contribution < -0.4 is 31.8 Å². The zero-order valence-electron chi connectivity index (χ0n) is 32.5. The molecule has 0 saturated carbocycles. The zero-order chi connectivity index (χ0) is 36.6. The Balaban J connectivity index is 0.00000280. The monoisotopic (exact) mass is 878 g/mol. The Kier molecular flexibility index (Phi) is 12.7.